The summed E-state index contributed by atoms with van der Waals surface area (Å²) in [5.41, 5.74) is 5.79. The van der Waals surface area contributed by atoms with E-state index < -0.39 is 0 Å². The van der Waals surface area contributed by atoms with Gasteiger partial charge in [0.2, 0.25) is 0 Å². The lowest BCUT2D eigenvalue weighted by Gasteiger charge is -2.41. The molecule has 2 atom stereocenters. The second kappa shape index (κ2) is 6.43. The molecule has 1 aliphatic rings. The summed E-state index contributed by atoms with van der Waals surface area (Å²) in [7, 11) is 3.36. The van der Waals surface area contributed by atoms with Crippen molar-refractivity contribution in [3.05, 3.63) is 0 Å². The zero-order valence-electron chi connectivity index (χ0n) is 10.1. The maximum atomic E-state index is 5.79. The highest BCUT2D eigenvalue weighted by Gasteiger charge is 2.28. The number of nitrogens with zero attached hydrogens (tertiary/aromatic N) is 1. The van der Waals surface area contributed by atoms with Gasteiger partial charge in [0.05, 0.1) is 6.54 Å². The summed E-state index contributed by atoms with van der Waals surface area (Å²) >= 11 is 0. The van der Waals surface area contributed by atoms with Crippen molar-refractivity contribution in [1.29, 1.82) is 0 Å². The van der Waals surface area contributed by atoms with Gasteiger partial charge in [-0.05, 0) is 19.8 Å². The molecule has 0 spiro atoms. The second-order valence-corrected chi connectivity index (χ2v) is 4.27. The minimum absolute atomic E-state index is 0.139. The van der Waals surface area contributed by atoms with Crippen molar-refractivity contribution < 1.29 is 9.47 Å². The first-order valence-electron chi connectivity index (χ1n) is 5.74. The van der Waals surface area contributed by atoms with E-state index in [-0.39, 0.29) is 6.29 Å². The largest absolute Gasteiger partial charge is 0.355 e. The van der Waals surface area contributed by atoms with Gasteiger partial charge in [-0.2, -0.15) is 0 Å². The van der Waals surface area contributed by atoms with Crippen molar-refractivity contribution in [3.63, 3.8) is 0 Å². The van der Waals surface area contributed by atoms with Crippen LogP contribution in [-0.2, 0) is 9.47 Å². The molecule has 2 N–H and O–H groups in total. The highest BCUT2D eigenvalue weighted by molar-refractivity contribution is 4.83. The molecule has 1 heterocycles. The van der Waals surface area contributed by atoms with Crippen LogP contribution in [0.4, 0.5) is 0 Å². The summed E-state index contributed by atoms with van der Waals surface area (Å²) < 4.78 is 10.5. The summed E-state index contributed by atoms with van der Waals surface area (Å²) in [6, 6.07) is 1.07. The first kappa shape index (κ1) is 12.9. The van der Waals surface area contributed by atoms with Crippen molar-refractivity contribution in [2.24, 2.45) is 5.73 Å². The topological polar surface area (TPSA) is 47.7 Å². The Morgan fingerprint density at radius 2 is 2.00 bits per heavy atom. The van der Waals surface area contributed by atoms with E-state index in [0.717, 1.165) is 13.1 Å². The van der Waals surface area contributed by atoms with Crippen LogP contribution in [0.3, 0.4) is 0 Å². The molecule has 15 heavy (non-hydrogen) atoms. The molecule has 0 bridgehead atoms. The van der Waals surface area contributed by atoms with Gasteiger partial charge in [0.25, 0.3) is 0 Å². The van der Waals surface area contributed by atoms with Gasteiger partial charge in [-0.15, -0.1) is 0 Å². The van der Waals surface area contributed by atoms with Gasteiger partial charge in [-0.25, -0.2) is 0 Å². The average molecular weight is 216 g/mol. The third-order valence-corrected chi connectivity index (χ3v) is 3.35. The van der Waals surface area contributed by atoms with E-state index in [4.69, 9.17) is 15.2 Å². The predicted octanol–water partition coefficient (Wildman–Crippen LogP) is 0.807. The molecule has 2 unspecified atom stereocenters. The minimum Gasteiger partial charge on any atom is -0.355 e. The Bertz CT molecular complexity index is 174. The summed E-state index contributed by atoms with van der Waals surface area (Å²) in [5, 5.41) is 0. The van der Waals surface area contributed by atoms with Crippen LogP contribution < -0.4 is 5.73 Å². The number of hydrogen-bond acceptors (Lipinski definition) is 4. The summed E-state index contributed by atoms with van der Waals surface area (Å²) in [5.74, 6) is 0. The Morgan fingerprint density at radius 3 is 2.53 bits per heavy atom. The zero-order valence-corrected chi connectivity index (χ0v) is 10.1. The molecule has 0 saturated carbocycles. The van der Waals surface area contributed by atoms with Crippen LogP contribution in [0.25, 0.3) is 0 Å². The Hall–Kier alpha value is -0.160. The molecule has 0 aliphatic carbocycles. The molecule has 1 aliphatic heterocycles. The Kier molecular flexibility index (Phi) is 5.53. The van der Waals surface area contributed by atoms with E-state index in [1.807, 2.05) is 0 Å². The highest BCUT2D eigenvalue weighted by atomic mass is 16.7. The van der Waals surface area contributed by atoms with Crippen LogP contribution in [0.2, 0.25) is 0 Å². The maximum absolute atomic E-state index is 5.79. The molecule has 0 radical (unpaired) electrons. The fraction of sp³-hybridized carbons (Fsp3) is 1.00. The molecule has 90 valence electrons. The van der Waals surface area contributed by atoms with E-state index in [1.165, 1.54) is 19.3 Å². The van der Waals surface area contributed by atoms with Crippen molar-refractivity contribution in [2.45, 2.75) is 44.6 Å². The third kappa shape index (κ3) is 3.41. The number of rotatable bonds is 5. The van der Waals surface area contributed by atoms with E-state index in [9.17, 15) is 0 Å². The van der Waals surface area contributed by atoms with E-state index in [2.05, 4.69) is 11.8 Å². The maximum Gasteiger partial charge on any atom is 0.169 e. The van der Waals surface area contributed by atoms with Crippen LogP contribution in [-0.4, -0.2) is 50.6 Å². The van der Waals surface area contributed by atoms with Gasteiger partial charge in [-0.1, -0.05) is 6.42 Å². The molecule has 1 saturated heterocycles. The monoisotopic (exact) mass is 216 g/mol. The average Bonchev–Trinajstić information content (AvgIpc) is 2.27. The van der Waals surface area contributed by atoms with Crippen LogP contribution >= 0.6 is 0 Å². The Balaban J connectivity index is 2.53. The molecule has 0 aromatic carbocycles. The van der Waals surface area contributed by atoms with Gasteiger partial charge in [0.15, 0.2) is 6.29 Å². The molecule has 1 rings (SSSR count). The van der Waals surface area contributed by atoms with Crippen LogP contribution in [0.1, 0.15) is 26.2 Å². The first-order chi connectivity index (χ1) is 7.22. The zero-order chi connectivity index (χ0) is 11.3. The number of likely N-dealkylation sites (tertiary alicyclic amines) is 1. The van der Waals surface area contributed by atoms with Crippen molar-refractivity contribution in [1.82, 2.24) is 4.90 Å². The quantitative estimate of drug-likeness (QED) is 0.691. The van der Waals surface area contributed by atoms with Crippen molar-refractivity contribution in [2.75, 3.05) is 27.3 Å². The van der Waals surface area contributed by atoms with Gasteiger partial charge in [-0.3, -0.25) is 4.90 Å². The lowest BCUT2D eigenvalue weighted by Crippen LogP contribution is -2.52. The molecule has 4 heteroatoms. The number of ether oxygens (including phenoxy) is 2. The summed E-state index contributed by atoms with van der Waals surface area (Å²) in [6.07, 6.45) is 3.58. The molecular weight excluding hydrogens is 192 g/mol. The van der Waals surface area contributed by atoms with E-state index in [0.29, 0.717) is 12.1 Å². The Labute approximate surface area is 92.7 Å². The normalized spacial score (nSPS) is 28.6. The van der Waals surface area contributed by atoms with E-state index in [1.54, 1.807) is 14.2 Å². The van der Waals surface area contributed by atoms with Crippen LogP contribution in [0.15, 0.2) is 0 Å². The number of hydrogen-bond donors (Lipinski definition) is 1. The lowest BCUT2D eigenvalue weighted by atomic mass is 9.96. The molecule has 1 fully saturated rings. The van der Waals surface area contributed by atoms with E-state index >= 15 is 0 Å². The van der Waals surface area contributed by atoms with Crippen molar-refractivity contribution in [3.8, 4) is 0 Å². The second-order valence-electron chi connectivity index (χ2n) is 4.27. The van der Waals surface area contributed by atoms with Crippen LogP contribution in [0, 0.1) is 0 Å². The van der Waals surface area contributed by atoms with Gasteiger partial charge < -0.3 is 15.2 Å². The van der Waals surface area contributed by atoms with Gasteiger partial charge in [0, 0.05) is 32.8 Å². The molecule has 0 aromatic rings. The molecular formula is C11H24N2O2. The lowest BCUT2D eigenvalue weighted by molar-refractivity contribution is -0.128. The smallest absolute Gasteiger partial charge is 0.169 e. The molecule has 0 aromatic heterocycles. The van der Waals surface area contributed by atoms with Crippen LogP contribution in [0.5, 0.6) is 0 Å². The van der Waals surface area contributed by atoms with Crippen molar-refractivity contribution >= 4 is 0 Å². The fourth-order valence-electron chi connectivity index (χ4n) is 2.34. The molecule has 0 amide bonds. The number of piperidine rings is 1. The van der Waals surface area contributed by atoms with Gasteiger partial charge >= 0.3 is 0 Å². The standard InChI is InChI=1S/C11H24N2O2/c1-9-5-4-6-10(7-12)13(9)8-11(14-2)15-3/h9-11H,4-8,12H2,1-3H3. The predicted molar refractivity (Wildman–Crippen MR) is 60.7 cm³/mol. The summed E-state index contributed by atoms with van der Waals surface area (Å²) in [4.78, 5) is 2.42. The molecule has 4 nitrogen and oxygen atoms in total. The first-order valence-corrected chi connectivity index (χ1v) is 5.74. The number of methoxy groups -OCH3 is 2. The SMILES string of the molecule is COC(CN1C(C)CCCC1CN)OC. The Morgan fingerprint density at radius 1 is 1.33 bits per heavy atom. The fourth-order valence-corrected chi connectivity index (χ4v) is 2.34. The highest BCUT2D eigenvalue weighted by Crippen LogP contribution is 2.22. The summed E-state index contributed by atoms with van der Waals surface area (Å²) in [6.45, 7) is 3.80. The van der Waals surface area contributed by atoms with Gasteiger partial charge in [0.1, 0.15) is 0 Å². The third-order valence-electron chi connectivity index (χ3n) is 3.35. The minimum atomic E-state index is -0.139. The number of nitrogens with two attached hydrogens (primary N) is 1.